The molecule has 222 valence electrons. The molecule has 0 unspecified atom stereocenters. The number of piperidine rings is 1. The van der Waals surface area contributed by atoms with Crippen LogP contribution in [0.25, 0.3) is 11.0 Å². The van der Waals surface area contributed by atoms with E-state index < -0.39 is 11.9 Å². The van der Waals surface area contributed by atoms with Crippen LogP contribution in [0.2, 0.25) is 0 Å². The molecule has 0 bridgehead atoms. The second kappa shape index (κ2) is 13.0. The van der Waals surface area contributed by atoms with Crippen molar-refractivity contribution in [1.82, 2.24) is 24.9 Å². The highest BCUT2D eigenvalue weighted by molar-refractivity contribution is 6.28. The molecule has 42 heavy (non-hydrogen) atoms. The van der Waals surface area contributed by atoms with Crippen molar-refractivity contribution in [3.8, 4) is 0 Å². The van der Waals surface area contributed by atoms with E-state index in [-0.39, 0.29) is 36.9 Å². The molecule has 1 aliphatic carbocycles. The van der Waals surface area contributed by atoms with Gasteiger partial charge in [0.15, 0.2) is 0 Å². The minimum Gasteiger partial charge on any atom is -0.473 e. The summed E-state index contributed by atoms with van der Waals surface area (Å²) in [6.45, 7) is 1.29. The number of carbonyl (C=O) groups is 3. The van der Waals surface area contributed by atoms with Crippen molar-refractivity contribution in [2.24, 2.45) is 5.73 Å². The summed E-state index contributed by atoms with van der Waals surface area (Å²) in [5.41, 5.74) is 8.41. The quantitative estimate of drug-likeness (QED) is 0.128. The van der Waals surface area contributed by atoms with E-state index in [9.17, 15) is 19.5 Å². The number of nitrogens with two attached hydrogens (primary N) is 1. The van der Waals surface area contributed by atoms with Gasteiger partial charge >= 0.3 is 11.9 Å². The molecule has 1 aliphatic heterocycles. The van der Waals surface area contributed by atoms with Crippen molar-refractivity contribution in [3.05, 3.63) is 54.1 Å². The van der Waals surface area contributed by atoms with Gasteiger partial charge in [-0.25, -0.2) is 14.6 Å². The second-order valence-corrected chi connectivity index (χ2v) is 10.8. The topological polar surface area (TPSA) is 180 Å². The third-order valence-corrected chi connectivity index (χ3v) is 7.98. The highest BCUT2D eigenvalue weighted by Crippen LogP contribution is 2.26. The summed E-state index contributed by atoms with van der Waals surface area (Å²) in [5, 5.41) is 21.6. The Bertz CT molecular complexity index is 1440. The monoisotopic (exact) mass is 576 g/mol. The number of hydroxylamine groups is 2. The van der Waals surface area contributed by atoms with Crippen LogP contribution < -0.4 is 16.0 Å². The lowest BCUT2D eigenvalue weighted by atomic mass is 9.95. The molecule has 1 saturated carbocycles. The molecule has 5 rings (SSSR count). The van der Waals surface area contributed by atoms with E-state index in [1.807, 2.05) is 12.1 Å². The summed E-state index contributed by atoms with van der Waals surface area (Å²) in [7, 11) is 0. The minimum atomic E-state index is -1.69. The number of carboxylic acids is 1. The zero-order chi connectivity index (χ0) is 29.6. The molecule has 0 radical (unpaired) electrons. The van der Waals surface area contributed by atoms with E-state index in [2.05, 4.69) is 15.2 Å². The van der Waals surface area contributed by atoms with Gasteiger partial charge in [-0.2, -0.15) is 0 Å². The fourth-order valence-electron chi connectivity index (χ4n) is 5.80. The summed E-state index contributed by atoms with van der Waals surface area (Å²) in [5.74, 6) is -2.91. The smallest absolute Gasteiger partial charge is 0.436 e. The van der Waals surface area contributed by atoms with Gasteiger partial charge in [0.05, 0.1) is 17.6 Å². The zero-order valence-corrected chi connectivity index (χ0v) is 23.4. The van der Waals surface area contributed by atoms with Crippen molar-refractivity contribution in [2.75, 3.05) is 18.0 Å². The van der Waals surface area contributed by atoms with Crippen LogP contribution in [0.3, 0.4) is 0 Å². The van der Waals surface area contributed by atoms with Gasteiger partial charge in [-0.15, -0.1) is 5.06 Å². The van der Waals surface area contributed by atoms with Crippen molar-refractivity contribution in [2.45, 2.75) is 70.1 Å². The fourth-order valence-corrected chi connectivity index (χ4v) is 5.80. The Labute approximate surface area is 243 Å². The van der Waals surface area contributed by atoms with Crippen molar-refractivity contribution in [1.29, 1.82) is 5.41 Å². The van der Waals surface area contributed by atoms with E-state index in [1.165, 1.54) is 11.5 Å². The number of imidazole rings is 1. The predicted octanol–water partition coefficient (Wildman–Crippen LogP) is 2.18. The van der Waals surface area contributed by atoms with E-state index in [0.29, 0.717) is 48.4 Å². The first-order chi connectivity index (χ1) is 20.3. The van der Waals surface area contributed by atoms with E-state index in [0.717, 1.165) is 31.4 Å². The molecule has 13 heteroatoms. The molecule has 1 saturated heterocycles. The number of carbonyl (C=O) groups excluding carboxylic acids is 2. The van der Waals surface area contributed by atoms with Gasteiger partial charge in [0.25, 0.3) is 0 Å². The number of fused-ring (bicyclic) bond motifs is 1. The molecule has 2 aromatic heterocycles. The van der Waals surface area contributed by atoms with Crippen LogP contribution in [0.5, 0.6) is 0 Å². The van der Waals surface area contributed by atoms with E-state index >= 15 is 0 Å². The lowest BCUT2D eigenvalue weighted by molar-refractivity contribution is -0.213. The largest absolute Gasteiger partial charge is 0.473 e. The number of nitrogens with zero attached hydrogens (tertiary/aromatic N) is 5. The number of amidine groups is 1. The maximum atomic E-state index is 13.2. The molecule has 5 N–H and O–H groups in total. The second-order valence-electron chi connectivity index (χ2n) is 10.8. The first-order valence-corrected chi connectivity index (χ1v) is 14.3. The Morgan fingerprint density at radius 1 is 1.07 bits per heavy atom. The molecule has 3 aromatic rings. The van der Waals surface area contributed by atoms with Gasteiger partial charge in [0.2, 0.25) is 5.91 Å². The first-order valence-electron chi connectivity index (χ1n) is 14.3. The van der Waals surface area contributed by atoms with Crippen LogP contribution in [-0.4, -0.2) is 73.6 Å². The molecule has 3 heterocycles. The van der Waals surface area contributed by atoms with Crippen LogP contribution in [0.1, 0.15) is 56.3 Å². The van der Waals surface area contributed by atoms with Gasteiger partial charge in [-0.1, -0.05) is 19.3 Å². The van der Waals surface area contributed by atoms with Gasteiger partial charge < -0.3 is 30.5 Å². The lowest BCUT2D eigenvalue weighted by Crippen LogP contribution is -2.46. The van der Waals surface area contributed by atoms with Gasteiger partial charge in [-0.3, -0.25) is 15.2 Å². The molecule has 13 nitrogen and oxygen atoms in total. The maximum Gasteiger partial charge on any atom is 0.436 e. The van der Waals surface area contributed by atoms with E-state index in [1.54, 1.807) is 35.2 Å². The maximum absolute atomic E-state index is 13.2. The number of aromatic nitrogens is 3. The number of aliphatic carboxylic acids is 1. The number of carboxylic acid groups (broad SMARTS) is 1. The number of hydrogen-bond donors (Lipinski definition) is 4. The lowest BCUT2D eigenvalue weighted by Gasteiger charge is -2.37. The van der Waals surface area contributed by atoms with Crippen molar-refractivity contribution in [3.63, 3.8) is 0 Å². The SMILES string of the molecule is N=C(N)c1ccc2c(c1)nc(CN(OC(=O)C(=O)O)C1CCN(c3ccncc3)CC1)n2CC(=O)NC1CCCCC1. The number of nitrogen functional groups attached to an aromatic ring is 1. The van der Waals surface area contributed by atoms with Crippen LogP contribution in [0.15, 0.2) is 42.7 Å². The molecule has 2 aliphatic rings. The normalized spacial score (nSPS) is 16.5. The number of rotatable bonds is 9. The molecular weight excluding hydrogens is 540 g/mol. The third-order valence-electron chi connectivity index (χ3n) is 7.98. The Balaban J connectivity index is 1.41. The van der Waals surface area contributed by atoms with Gasteiger partial charge in [-0.05, 0) is 56.0 Å². The highest BCUT2D eigenvalue weighted by Gasteiger charge is 2.31. The molecule has 1 aromatic carbocycles. The zero-order valence-electron chi connectivity index (χ0n) is 23.4. The van der Waals surface area contributed by atoms with E-state index in [4.69, 9.17) is 21.0 Å². The summed E-state index contributed by atoms with van der Waals surface area (Å²) < 4.78 is 1.76. The van der Waals surface area contributed by atoms with Crippen LogP contribution in [-0.2, 0) is 32.3 Å². The number of anilines is 1. The fraction of sp³-hybridized carbons (Fsp3) is 0.448. The molecule has 0 atom stereocenters. The average molecular weight is 577 g/mol. The van der Waals surface area contributed by atoms with Crippen molar-refractivity contribution < 1.29 is 24.3 Å². The number of amides is 1. The van der Waals surface area contributed by atoms with Gasteiger partial charge in [0.1, 0.15) is 18.2 Å². The molecule has 1 amide bonds. The van der Waals surface area contributed by atoms with Crippen LogP contribution in [0.4, 0.5) is 5.69 Å². The Morgan fingerprint density at radius 3 is 2.45 bits per heavy atom. The summed E-state index contributed by atoms with van der Waals surface area (Å²) in [4.78, 5) is 53.2. The summed E-state index contributed by atoms with van der Waals surface area (Å²) in [6.07, 6.45) is 9.91. The predicted molar refractivity (Wildman–Crippen MR) is 155 cm³/mol. The van der Waals surface area contributed by atoms with Gasteiger partial charge in [0, 0.05) is 48.8 Å². The summed E-state index contributed by atoms with van der Waals surface area (Å²) >= 11 is 0. The first kappa shape index (κ1) is 29.0. The minimum absolute atomic E-state index is 0.0110. The Morgan fingerprint density at radius 2 is 1.79 bits per heavy atom. The number of nitrogens with one attached hydrogen (secondary N) is 2. The Kier molecular flexibility index (Phi) is 8.96. The molecular formula is C29H36N8O5. The van der Waals surface area contributed by atoms with Crippen LogP contribution in [0, 0.1) is 5.41 Å². The summed E-state index contributed by atoms with van der Waals surface area (Å²) in [6, 6.07) is 8.85. The number of benzene rings is 1. The van der Waals surface area contributed by atoms with Crippen molar-refractivity contribution >= 4 is 40.4 Å². The highest BCUT2D eigenvalue weighted by atomic mass is 16.7. The molecule has 0 spiro atoms. The average Bonchev–Trinajstić information content (AvgIpc) is 3.33. The molecule has 2 fully saturated rings. The standard InChI is InChI=1S/C29H36N8O5/c30-27(31)19-6-7-24-23(16-19)34-25(36(24)18-26(38)33-20-4-2-1-3-5-20)17-37(42-29(41)28(39)40)22-10-14-35(15-11-22)21-8-12-32-13-9-21/h6-9,12-13,16,20,22H,1-5,10-11,14-15,17-18H2,(H3,30,31)(H,33,38)(H,39,40). The third kappa shape index (κ3) is 6.85. The number of pyridine rings is 1. The number of hydrogen-bond acceptors (Lipinski definition) is 9. The Hall–Kier alpha value is -4.52. The van der Waals surface area contributed by atoms with Crippen LogP contribution >= 0.6 is 0 Å².